The van der Waals surface area contributed by atoms with Gasteiger partial charge in [-0.15, -0.1) is 0 Å². The van der Waals surface area contributed by atoms with Gasteiger partial charge in [0.2, 0.25) is 0 Å². The second kappa shape index (κ2) is 5.77. The molecule has 0 spiro atoms. The highest BCUT2D eigenvalue weighted by Gasteiger charge is 2.34. The molecule has 1 atom stereocenters. The van der Waals surface area contributed by atoms with Gasteiger partial charge in [0.25, 0.3) is 5.91 Å². The minimum Gasteiger partial charge on any atom is -0.399 e. The number of nitrogen functional groups attached to an aromatic ring is 1. The molecule has 0 radical (unpaired) electrons. The van der Waals surface area contributed by atoms with Crippen LogP contribution in [0.15, 0.2) is 69.9 Å². The number of anilines is 2. The lowest BCUT2D eigenvalue weighted by molar-refractivity contribution is -0.117. The molecule has 0 saturated heterocycles. The summed E-state index contributed by atoms with van der Waals surface area (Å²) in [4.78, 5) is 12.4. The van der Waals surface area contributed by atoms with Crippen LogP contribution in [0, 0.1) is 0 Å². The summed E-state index contributed by atoms with van der Waals surface area (Å²) < 4.78 is 0. The summed E-state index contributed by atoms with van der Waals surface area (Å²) in [5.74, 6) is -0.206. The molecule has 0 unspecified atom stereocenters. The van der Waals surface area contributed by atoms with Gasteiger partial charge in [-0.25, -0.2) is 0 Å². The smallest absolute Gasteiger partial charge is 0.280 e. The average molecular weight is 293 g/mol. The summed E-state index contributed by atoms with van der Waals surface area (Å²) in [6.45, 7) is 1.77. The van der Waals surface area contributed by atoms with Crippen molar-refractivity contribution < 1.29 is 4.79 Å². The largest absolute Gasteiger partial charge is 0.399 e. The standard InChI is InChI=1S/C16H15N5O/c1-11-15(19-18-13-9-7-12(17)8-10-13)16(22)21(20-11)14-5-3-2-4-6-14/h2-10,15H,17H2,1H3/t15-/m0/s1. The Hall–Kier alpha value is -3.02. The van der Waals surface area contributed by atoms with Crippen molar-refractivity contribution >= 4 is 28.7 Å². The number of carbonyl (C=O) groups is 1. The van der Waals surface area contributed by atoms with E-state index in [1.165, 1.54) is 5.01 Å². The monoisotopic (exact) mass is 293 g/mol. The molecule has 0 bridgehead atoms. The second-order valence-corrected chi connectivity index (χ2v) is 4.94. The molecular weight excluding hydrogens is 278 g/mol. The summed E-state index contributed by atoms with van der Waals surface area (Å²) in [5, 5.41) is 13.9. The minimum atomic E-state index is -0.683. The summed E-state index contributed by atoms with van der Waals surface area (Å²) in [5.41, 5.74) is 8.26. The highest BCUT2D eigenvalue weighted by Crippen LogP contribution is 2.23. The molecule has 2 N–H and O–H groups in total. The lowest BCUT2D eigenvalue weighted by Crippen LogP contribution is -2.29. The van der Waals surface area contributed by atoms with Crippen LogP contribution in [0.25, 0.3) is 0 Å². The molecule has 3 rings (SSSR count). The Balaban J connectivity index is 1.80. The molecule has 22 heavy (non-hydrogen) atoms. The van der Waals surface area contributed by atoms with E-state index in [-0.39, 0.29) is 5.91 Å². The number of nitrogens with two attached hydrogens (primary N) is 1. The van der Waals surface area contributed by atoms with Crippen molar-refractivity contribution in [3.8, 4) is 0 Å². The second-order valence-electron chi connectivity index (χ2n) is 4.94. The maximum atomic E-state index is 12.4. The van der Waals surface area contributed by atoms with Gasteiger partial charge < -0.3 is 5.73 Å². The fraction of sp³-hybridized carbons (Fsp3) is 0.125. The molecular formula is C16H15N5O. The number of nitrogens with zero attached hydrogens (tertiary/aromatic N) is 4. The van der Waals surface area contributed by atoms with Crippen LogP contribution in [0.1, 0.15) is 6.92 Å². The van der Waals surface area contributed by atoms with Gasteiger partial charge in [0.05, 0.1) is 17.1 Å². The van der Waals surface area contributed by atoms with Crippen molar-refractivity contribution in [1.29, 1.82) is 0 Å². The van der Waals surface area contributed by atoms with E-state index in [0.717, 1.165) is 5.69 Å². The number of para-hydroxylation sites is 1. The van der Waals surface area contributed by atoms with E-state index >= 15 is 0 Å². The van der Waals surface area contributed by atoms with E-state index in [0.29, 0.717) is 17.1 Å². The van der Waals surface area contributed by atoms with E-state index in [2.05, 4.69) is 15.3 Å². The van der Waals surface area contributed by atoms with Gasteiger partial charge in [0.15, 0.2) is 6.04 Å². The van der Waals surface area contributed by atoms with Crippen LogP contribution < -0.4 is 10.7 Å². The third-order valence-corrected chi connectivity index (χ3v) is 3.28. The molecule has 0 fully saturated rings. The van der Waals surface area contributed by atoms with Crippen molar-refractivity contribution in [2.45, 2.75) is 13.0 Å². The molecule has 1 heterocycles. The maximum absolute atomic E-state index is 12.4. The highest BCUT2D eigenvalue weighted by molar-refractivity contribution is 6.18. The zero-order valence-electron chi connectivity index (χ0n) is 12.0. The molecule has 2 aromatic carbocycles. The predicted octanol–water partition coefficient (Wildman–Crippen LogP) is 3.14. The van der Waals surface area contributed by atoms with Crippen LogP contribution in [0.2, 0.25) is 0 Å². The van der Waals surface area contributed by atoms with Gasteiger partial charge in [0.1, 0.15) is 0 Å². The van der Waals surface area contributed by atoms with Crippen molar-refractivity contribution in [3.63, 3.8) is 0 Å². The summed E-state index contributed by atoms with van der Waals surface area (Å²) >= 11 is 0. The van der Waals surface area contributed by atoms with E-state index < -0.39 is 6.04 Å². The van der Waals surface area contributed by atoms with Crippen LogP contribution in [0.4, 0.5) is 17.1 Å². The zero-order chi connectivity index (χ0) is 15.5. The number of hydrazone groups is 1. The first kappa shape index (κ1) is 13.9. The normalized spacial score (nSPS) is 18.0. The molecule has 0 aromatic heterocycles. The van der Waals surface area contributed by atoms with Crippen molar-refractivity contribution in [2.24, 2.45) is 15.3 Å². The molecule has 6 heteroatoms. The summed E-state index contributed by atoms with van der Waals surface area (Å²) in [6, 6.07) is 15.6. The Morgan fingerprint density at radius 3 is 2.45 bits per heavy atom. The predicted molar refractivity (Wildman–Crippen MR) is 86.2 cm³/mol. The number of hydrogen-bond acceptors (Lipinski definition) is 5. The third-order valence-electron chi connectivity index (χ3n) is 3.28. The fourth-order valence-electron chi connectivity index (χ4n) is 2.11. The average Bonchev–Trinajstić information content (AvgIpc) is 2.82. The molecule has 2 aromatic rings. The first-order valence-corrected chi connectivity index (χ1v) is 6.85. The molecule has 1 aliphatic rings. The molecule has 1 aliphatic heterocycles. The number of benzene rings is 2. The minimum absolute atomic E-state index is 0.206. The van der Waals surface area contributed by atoms with Crippen LogP contribution in [0.5, 0.6) is 0 Å². The van der Waals surface area contributed by atoms with Gasteiger partial charge in [0, 0.05) is 5.69 Å². The molecule has 110 valence electrons. The van der Waals surface area contributed by atoms with Gasteiger partial charge in [-0.3, -0.25) is 4.79 Å². The lowest BCUT2D eigenvalue weighted by atomic mass is 10.2. The third kappa shape index (κ3) is 2.71. The Morgan fingerprint density at radius 2 is 1.77 bits per heavy atom. The van der Waals surface area contributed by atoms with Crippen LogP contribution in [-0.2, 0) is 4.79 Å². The van der Waals surface area contributed by atoms with E-state index in [4.69, 9.17) is 5.73 Å². The SMILES string of the molecule is CC1=NN(c2ccccc2)C(=O)[C@H]1N=Nc1ccc(N)cc1. The Morgan fingerprint density at radius 1 is 1.09 bits per heavy atom. The van der Waals surface area contributed by atoms with E-state index in [1.54, 1.807) is 31.2 Å². The molecule has 1 amide bonds. The fourth-order valence-corrected chi connectivity index (χ4v) is 2.11. The quantitative estimate of drug-likeness (QED) is 0.696. The number of azo groups is 1. The van der Waals surface area contributed by atoms with Gasteiger partial charge in [-0.05, 0) is 43.3 Å². The topological polar surface area (TPSA) is 83.4 Å². The van der Waals surface area contributed by atoms with E-state index in [9.17, 15) is 4.79 Å². The number of carbonyl (C=O) groups excluding carboxylic acids is 1. The summed E-state index contributed by atoms with van der Waals surface area (Å²) in [7, 11) is 0. The van der Waals surface area contributed by atoms with Crippen molar-refractivity contribution in [3.05, 3.63) is 54.6 Å². The first-order valence-electron chi connectivity index (χ1n) is 6.85. The van der Waals surface area contributed by atoms with Gasteiger partial charge in [-0.2, -0.15) is 20.3 Å². The number of rotatable bonds is 3. The van der Waals surface area contributed by atoms with Crippen LogP contribution in [0.3, 0.4) is 0 Å². The Bertz CT molecular complexity index is 737. The lowest BCUT2D eigenvalue weighted by Gasteiger charge is -2.11. The molecule has 0 aliphatic carbocycles. The van der Waals surface area contributed by atoms with E-state index in [1.807, 2.05) is 30.3 Å². The van der Waals surface area contributed by atoms with Gasteiger partial charge >= 0.3 is 0 Å². The summed E-state index contributed by atoms with van der Waals surface area (Å²) in [6.07, 6.45) is 0. The highest BCUT2D eigenvalue weighted by atomic mass is 16.2. The Kier molecular flexibility index (Phi) is 3.65. The maximum Gasteiger partial charge on any atom is 0.280 e. The zero-order valence-corrected chi connectivity index (χ0v) is 12.0. The van der Waals surface area contributed by atoms with Crippen LogP contribution in [-0.4, -0.2) is 17.7 Å². The number of hydrogen-bond donors (Lipinski definition) is 1. The van der Waals surface area contributed by atoms with Crippen molar-refractivity contribution in [1.82, 2.24) is 0 Å². The van der Waals surface area contributed by atoms with Crippen molar-refractivity contribution in [2.75, 3.05) is 10.7 Å². The molecule has 0 saturated carbocycles. The first-order chi connectivity index (χ1) is 10.6. The number of amides is 1. The van der Waals surface area contributed by atoms with Gasteiger partial charge in [-0.1, -0.05) is 18.2 Å². The van der Waals surface area contributed by atoms with Crippen LogP contribution >= 0.6 is 0 Å². The Labute approximate surface area is 128 Å². The molecule has 6 nitrogen and oxygen atoms in total.